The lowest BCUT2D eigenvalue weighted by Crippen LogP contribution is -2.41. The molecule has 0 radical (unpaired) electrons. The van der Waals surface area contributed by atoms with E-state index in [-0.39, 0.29) is 12.1 Å². The Morgan fingerprint density at radius 3 is 2.59 bits per heavy atom. The van der Waals surface area contributed by atoms with Crippen LogP contribution in [0.3, 0.4) is 0 Å². The third-order valence-corrected chi connectivity index (χ3v) is 4.82. The Morgan fingerprint density at radius 2 is 1.89 bits per heavy atom. The molecule has 0 fully saturated rings. The fourth-order valence-corrected chi connectivity index (χ4v) is 3.39. The molecular formula is C22H27ClN2O2. The number of hydrogen-bond acceptors (Lipinski definition) is 3. The third-order valence-electron chi connectivity index (χ3n) is 4.57. The lowest BCUT2D eigenvalue weighted by atomic mass is 9.88. The highest BCUT2D eigenvalue weighted by Crippen LogP contribution is 2.25. The van der Waals surface area contributed by atoms with E-state index in [1.165, 1.54) is 16.7 Å². The molecule has 1 aliphatic carbocycles. The van der Waals surface area contributed by atoms with Crippen LogP contribution in [0.5, 0.6) is 0 Å². The number of carbonyl (C=O) groups excluding carboxylic acids is 1. The van der Waals surface area contributed by atoms with Crippen LogP contribution in [0.2, 0.25) is 5.02 Å². The normalized spacial score (nSPS) is 16.4. The quantitative estimate of drug-likeness (QED) is 0.746. The number of halogens is 1. The molecule has 5 heteroatoms. The summed E-state index contributed by atoms with van der Waals surface area (Å²) in [6.07, 6.45) is 2.38. The molecule has 1 unspecified atom stereocenters. The fourth-order valence-electron chi connectivity index (χ4n) is 3.27. The minimum absolute atomic E-state index is 0.125. The average molecular weight is 387 g/mol. The van der Waals surface area contributed by atoms with Crippen molar-refractivity contribution in [1.82, 2.24) is 5.32 Å². The molecule has 2 N–H and O–H groups in total. The van der Waals surface area contributed by atoms with Gasteiger partial charge in [-0.2, -0.15) is 0 Å². The van der Waals surface area contributed by atoms with Crippen LogP contribution in [0.4, 0.5) is 10.5 Å². The first-order valence-corrected chi connectivity index (χ1v) is 9.76. The van der Waals surface area contributed by atoms with Gasteiger partial charge in [0, 0.05) is 23.3 Å². The summed E-state index contributed by atoms with van der Waals surface area (Å²) in [5, 5.41) is 7.21. The molecule has 0 bridgehead atoms. The van der Waals surface area contributed by atoms with Gasteiger partial charge in [0.05, 0.1) is 0 Å². The van der Waals surface area contributed by atoms with Gasteiger partial charge in [0.1, 0.15) is 5.60 Å². The molecule has 144 valence electrons. The zero-order valence-corrected chi connectivity index (χ0v) is 16.9. The van der Waals surface area contributed by atoms with E-state index in [1.807, 2.05) is 45.0 Å². The lowest BCUT2D eigenvalue weighted by molar-refractivity contribution is 0.0500. The zero-order chi connectivity index (χ0) is 19.4. The smallest absolute Gasteiger partial charge is 0.407 e. The first-order valence-electron chi connectivity index (χ1n) is 9.38. The van der Waals surface area contributed by atoms with Crippen molar-refractivity contribution in [3.05, 3.63) is 64.2 Å². The predicted molar refractivity (Wildman–Crippen MR) is 110 cm³/mol. The highest BCUT2D eigenvalue weighted by molar-refractivity contribution is 6.30. The van der Waals surface area contributed by atoms with E-state index in [0.717, 1.165) is 36.5 Å². The largest absolute Gasteiger partial charge is 0.444 e. The first kappa shape index (κ1) is 19.6. The van der Waals surface area contributed by atoms with Crippen LogP contribution < -0.4 is 10.6 Å². The topological polar surface area (TPSA) is 50.4 Å². The maximum absolute atomic E-state index is 12.0. The number of anilines is 1. The second-order valence-corrected chi connectivity index (χ2v) is 8.49. The number of alkyl carbamates (subject to hydrolysis) is 1. The SMILES string of the molecule is CC(C)(C)OC(=O)NC1CCc2cc(NCc3ccc(Cl)cc3)ccc2C1. The first-order chi connectivity index (χ1) is 12.8. The summed E-state index contributed by atoms with van der Waals surface area (Å²) in [6.45, 7) is 6.39. The maximum Gasteiger partial charge on any atom is 0.407 e. The molecule has 1 aliphatic rings. The van der Waals surface area contributed by atoms with Crippen molar-refractivity contribution in [3.63, 3.8) is 0 Å². The van der Waals surface area contributed by atoms with E-state index in [2.05, 4.69) is 28.8 Å². The fraction of sp³-hybridized carbons (Fsp3) is 0.409. The summed E-state index contributed by atoms with van der Waals surface area (Å²) in [5.74, 6) is 0. The third kappa shape index (κ3) is 5.90. The zero-order valence-electron chi connectivity index (χ0n) is 16.1. The van der Waals surface area contributed by atoms with Crippen LogP contribution in [0.1, 0.15) is 43.9 Å². The number of benzene rings is 2. The van der Waals surface area contributed by atoms with Crippen molar-refractivity contribution < 1.29 is 9.53 Å². The second-order valence-electron chi connectivity index (χ2n) is 8.05. The molecule has 2 aromatic rings. The highest BCUT2D eigenvalue weighted by atomic mass is 35.5. The van der Waals surface area contributed by atoms with Gasteiger partial charge in [-0.1, -0.05) is 29.8 Å². The molecule has 0 spiro atoms. The van der Waals surface area contributed by atoms with Crippen molar-refractivity contribution in [2.75, 3.05) is 5.32 Å². The summed E-state index contributed by atoms with van der Waals surface area (Å²) in [6, 6.07) is 14.5. The molecule has 1 amide bonds. The molecule has 1 atom stereocenters. The Kier molecular flexibility index (Phi) is 5.95. The molecule has 0 saturated carbocycles. The number of hydrogen-bond donors (Lipinski definition) is 2. The molecular weight excluding hydrogens is 360 g/mol. The second kappa shape index (κ2) is 8.22. The monoisotopic (exact) mass is 386 g/mol. The van der Waals surface area contributed by atoms with Gasteiger partial charge in [-0.3, -0.25) is 0 Å². The van der Waals surface area contributed by atoms with Crippen molar-refractivity contribution in [2.45, 2.75) is 58.2 Å². The number of rotatable bonds is 4. The van der Waals surface area contributed by atoms with Gasteiger partial charge in [-0.25, -0.2) is 4.79 Å². The molecule has 27 heavy (non-hydrogen) atoms. The minimum Gasteiger partial charge on any atom is -0.444 e. The predicted octanol–water partition coefficient (Wildman–Crippen LogP) is 5.33. The van der Waals surface area contributed by atoms with E-state index in [4.69, 9.17) is 16.3 Å². The molecule has 4 nitrogen and oxygen atoms in total. The van der Waals surface area contributed by atoms with E-state index in [0.29, 0.717) is 0 Å². The van der Waals surface area contributed by atoms with Gasteiger partial charge in [0.25, 0.3) is 0 Å². The average Bonchev–Trinajstić information content (AvgIpc) is 2.59. The van der Waals surface area contributed by atoms with Gasteiger partial charge in [-0.15, -0.1) is 0 Å². The van der Waals surface area contributed by atoms with Crippen LogP contribution in [0, 0.1) is 0 Å². The Balaban J connectivity index is 1.56. The van der Waals surface area contributed by atoms with Gasteiger partial charge in [0.15, 0.2) is 0 Å². The van der Waals surface area contributed by atoms with Gasteiger partial charge >= 0.3 is 6.09 Å². The summed E-state index contributed by atoms with van der Waals surface area (Å²) in [7, 11) is 0. The minimum atomic E-state index is -0.471. The van der Waals surface area contributed by atoms with Gasteiger partial charge < -0.3 is 15.4 Å². The number of amides is 1. The molecule has 3 rings (SSSR count). The van der Waals surface area contributed by atoms with Crippen LogP contribution >= 0.6 is 11.6 Å². The van der Waals surface area contributed by atoms with E-state index in [1.54, 1.807) is 0 Å². The Bertz CT molecular complexity index is 797. The number of nitrogens with one attached hydrogen (secondary N) is 2. The van der Waals surface area contributed by atoms with Crippen LogP contribution in [-0.4, -0.2) is 17.7 Å². The Morgan fingerprint density at radius 1 is 1.15 bits per heavy atom. The standard InChI is InChI=1S/C22H27ClN2O2/c1-22(2,3)27-21(26)25-20-11-7-16-12-19(10-6-17(16)13-20)24-14-15-4-8-18(23)9-5-15/h4-6,8-10,12,20,24H,7,11,13-14H2,1-3H3,(H,25,26). The summed E-state index contributed by atoms with van der Waals surface area (Å²) in [4.78, 5) is 12.0. The molecule has 0 heterocycles. The van der Waals surface area contributed by atoms with Crippen LogP contribution in [-0.2, 0) is 24.1 Å². The lowest BCUT2D eigenvalue weighted by Gasteiger charge is -2.27. The van der Waals surface area contributed by atoms with Crippen molar-refractivity contribution in [2.24, 2.45) is 0 Å². The molecule has 0 aliphatic heterocycles. The van der Waals surface area contributed by atoms with Gasteiger partial charge in [-0.05, 0) is 81.0 Å². The number of ether oxygens (including phenoxy) is 1. The number of carbonyl (C=O) groups is 1. The Labute approximate surface area is 166 Å². The van der Waals surface area contributed by atoms with Crippen molar-refractivity contribution >= 4 is 23.4 Å². The van der Waals surface area contributed by atoms with E-state index in [9.17, 15) is 4.79 Å². The van der Waals surface area contributed by atoms with E-state index >= 15 is 0 Å². The molecule has 0 aromatic heterocycles. The number of fused-ring (bicyclic) bond motifs is 1. The van der Waals surface area contributed by atoms with Gasteiger partial charge in [0.2, 0.25) is 0 Å². The van der Waals surface area contributed by atoms with Crippen molar-refractivity contribution in [1.29, 1.82) is 0 Å². The van der Waals surface area contributed by atoms with Crippen LogP contribution in [0.15, 0.2) is 42.5 Å². The van der Waals surface area contributed by atoms with Crippen molar-refractivity contribution in [3.8, 4) is 0 Å². The molecule has 0 saturated heterocycles. The number of aryl methyl sites for hydroxylation is 1. The van der Waals surface area contributed by atoms with Crippen LogP contribution in [0.25, 0.3) is 0 Å². The molecule has 2 aromatic carbocycles. The highest BCUT2D eigenvalue weighted by Gasteiger charge is 2.23. The summed E-state index contributed by atoms with van der Waals surface area (Å²) >= 11 is 5.93. The van der Waals surface area contributed by atoms with E-state index < -0.39 is 5.60 Å². The maximum atomic E-state index is 12.0. The Hall–Kier alpha value is -2.20. The summed E-state index contributed by atoms with van der Waals surface area (Å²) < 4.78 is 5.36. The summed E-state index contributed by atoms with van der Waals surface area (Å²) in [5.41, 5.74) is 4.47.